The largest absolute Gasteiger partial charge is 0.491 e. The van der Waals surface area contributed by atoms with Crippen molar-refractivity contribution in [1.29, 1.82) is 0 Å². The number of rotatable bonds is 48. The highest BCUT2D eigenvalue weighted by Crippen LogP contribution is 2.61. The van der Waals surface area contributed by atoms with Crippen molar-refractivity contribution < 1.29 is 9.47 Å². The Balaban J connectivity index is 0.786. The van der Waals surface area contributed by atoms with Crippen molar-refractivity contribution in [2.24, 2.45) is 0 Å². The van der Waals surface area contributed by atoms with Gasteiger partial charge >= 0.3 is 0 Å². The maximum atomic E-state index is 6.15. The number of unbranched alkanes of at least 4 members (excludes halogenated alkanes) is 26. The number of ether oxygens (including phenoxy) is 2. The van der Waals surface area contributed by atoms with Gasteiger partial charge in [-0.2, -0.15) is 17.5 Å². The minimum Gasteiger partial charge on any atom is -0.491 e. The molecule has 15 rings (SSSR count). The molecule has 2 aromatic heterocycles. The molecule has 8 heteroatoms. The van der Waals surface area contributed by atoms with Gasteiger partial charge in [-0.25, -0.2) is 0 Å². The Bertz CT molecular complexity index is 5040. The van der Waals surface area contributed by atoms with Crippen molar-refractivity contribution in [2.75, 3.05) is 0 Å². The molecule has 0 radical (unpaired) electrons. The maximum Gasteiger partial charge on any atom is 0.119 e. The fourth-order valence-electron chi connectivity index (χ4n) is 21.7. The van der Waals surface area contributed by atoms with Gasteiger partial charge in [0.15, 0.2) is 0 Å². The van der Waals surface area contributed by atoms with E-state index in [2.05, 4.69) is 251 Å². The quantitative estimate of drug-likeness (QED) is 0.0354. The first-order chi connectivity index (χ1) is 59.4. The van der Waals surface area contributed by atoms with Crippen molar-refractivity contribution in [3.05, 3.63) is 215 Å². The third kappa shape index (κ3) is 18.9. The fraction of sp³-hybridized carbons (Fsp3) is 0.469. The predicted molar refractivity (Wildman–Crippen MR) is 521 cm³/mol. The van der Waals surface area contributed by atoms with Crippen LogP contribution in [0, 0.1) is 0 Å². The second-order valence-electron chi connectivity index (χ2n) is 37.1. The second-order valence-corrected chi connectivity index (χ2v) is 38.2. The van der Waals surface area contributed by atoms with E-state index in [1.165, 1.54) is 362 Å². The molecule has 10 aromatic carbocycles. The number of hydrogen-bond acceptors (Lipinski definition) is 8. The van der Waals surface area contributed by atoms with E-state index in [-0.39, 0.29) is 28.5 Å². The standard InChI is InChI=1S/C113H138N4O2S2/c1-11-17-23-29-33-39-69-111(70-40-34-30-24-18-12-2)101-73-83(81-43-53-89(54-44-81)118-79(7)8)47-57-95(101)97-59-49-85(75-103(97)111)91-63-65-93(109-107(91)114-120-116-109)87-51-61-99-100-62-52-88(78-106(100)113(105(99)77-87,67-37-27-21-15-5)68-38-28-22-16-6)94-66-64-92(108-110(94)117-121-115-108)86-50-60-98-96-58-48-84(82-45-55-90(56-46-82)119-80(9)10)74-102(96)112(104(98)76-86,71-41-35-31-25-19-13-3)72-42-36-32-26-20-14-4/h43-66,73-80H,11-42,67-72H2,1-10H3. The van der Waals surface area contributed by atoms with Crippen molar-refractivity contribution in [1.82, 2.24) is 17.5 Å². The zero-order valence-electron chi connectivity index (χ0n) is 75.3. The Kier molecular flexibility index (Phi) is 29.8. The van der Waals surface area contributed by atoms with Gasteiger partial charge in [-0.1, -0.05) is 368 Å². The van der Waals surface area contributed by atoms with E-state index in [1.807, 2.05) is 0 Å². The molecule has 12 aromatic rings. The lowest BCUT2D eigenvalue weighted by molar-refractivity contribution is 0.242. The molecule has 0 saturated heterocycles. The highest BCUT2D eigenvalue weighted by Gasteiger charge is 2.46. The molecule has 634 valence electrons. The average molecular weight is 1650 g/mol. The van der Waals surface area contributed by atoms with E-state index in [1.54, 1.807) is 0 Å². The van der Waals surface area contributed by atoms with Crippen LogP contribution >= 0.6 is 23.5 Å². The third-order valence-corrected chi connectivity index (χ3v) is 29.1. The molecule has 0 atom stereocenters. The Hall–Kier alpha value is -8.56. The van der Waals surface area contributed by atoms with Crippen molar-refractivity contribution >= 4 is 45.5 Å². The van der Waals surface area contributed by atoms with Gasteiger partial charge in [0.05, 0.1) is 35.7 Å². The average Bonchev–Trinajstić information content (AvgIpc) is 1.57. The van der Waals surface area contributed by atoms with Crippen LogP contribution in [0.1, 0.15) is 347 Å². The number of fused-ring (bicyclic) bond motifs is 11. The molecule has 0 spiro atoms. The summed E-state index contributed by atoms with van der Waals surface area (Å²) in [6.45, 7) is 22.5. The lowest BCUT2D eigenvalue weighted by atomic mass is 9.69. The summed E-state index contributed by atoms with van der Waals surface area (Å²) in [5, 5.41) is 0. The molecule has 0 unspecified atom stereocenters. The molecular weight excluding hydrogens is 1510 g/mol. The van der Waals surface area contributed by atoms with Gasteiger partial charge in [-0.15, -0.1) is 0 Å². The van der Waals surface area contributed by atoms with Crippen molar-refractivity contribution in [3.8, 4) is 112 Å². The van der Waals surface area contributed by atoms with Crippen LogP contribution in [0.2, 0.25) is 0 Å². The van der Waals surface area contributed by atoms with Crippen LogP contribution in [0.5, 0.6) is 11.5 Å². The third-order valence-electron chi connectivity index (χ3n) is 28.0. The van der Waals surface area contributed by atoms with E-state index in [0.29, 0.717) is 0 Å². The molecule has 121 heavy (non-hydrogen) atoms. The minimum absolute atomic E-state index is 0.111. The molecular formula is C113H138N4O2S2. The highest BCUT2D eigenvalue weighted by atomic mass is 32.1. The summed E-state index contributed by atoms with van der Waals surface area (Å²) in [6, 6.07) is 72.2. The van der Waals surface area contributed by atoms with Gasteiger partial charge in [0, 0.05) is 38.5 Å². The zero-order chi connectivity index (χ0) is 83.7. The number of benzene rings is 10. The minimum atomic E-state index is -0.183. The molecule has 0 fully saturated rings. The van der Waals surface area contributed by atoms with Crippen LogP contribution in [0.3, 0.4) is 0 Å². The number of nitrogens with zero attached hydrogens (tertiary/aromatic N) is 4. The summed E-state index contributed by atoms with van der Waals surface area (Å²) in [5.74, 6) is 1.85. The van der Waals surface area contributed by atoms with Gasteiger partial charge in [-0.05, 0) is 238 Å². The molecule has 0 bridgehead atoms. The van der Waals surface area contributed by atoms with Crippen molar-refractivity contribution in [2.45, 2.75) is 342 Å². The van der Waals surface area contributed by atoms with Crippen LogP contribution in [0.15, 0.2) is 182 Å². The Labute approximate surface area is 736 Å². The van der Waals surface area contributed by atoms with Crippen LogP contribution in [0.25, 0.3) is 122 Å². The maximum absolute atomic E-state index is 6.15. The topological polar surface area (TPSA) is 70.0 Å². The smallest absolute Gasteiger partial charge is 0.119 e. The molecule has 0 amide bonds. The summed E-state index contributed by atoms with van der Waals surface area (Å²) >= 11 is 2.73. The molecule has 0 aliphatic heterocycles. The summed E-state index contributed by atoms with van der Waals surface area (Å²) in [6.07, 6.45) is 47.6. The zero-order valence-corrected chi connectivity index (χ0v) is 76.9. The summed E-state index contributed by atoms with van der Waals surface area (Å²) in [4.78, 5) is 0. The van der Waals surface area contributed by atoms with Crippen molar-refractivity contribution in [3.63, 3.8) is 0 Å². The second kappa shape index (κ2) is 41.3. The SMILES string of the molecule is CCCCCCCCC1(CCCCCCCC)c2cc(-c3ccc(OC(C)C)cc3)ccc2-c2ccc(-c3ccc(-c4ccc5c(c4)C(CCCCCC)(CCCCCC)c4cc(-c6ccc(-c7ccc8c(c7)C(CCCCCCCC)(CCCCCCCC)c7cc(-c9ccc(OC(C)C)cc9)ccc7-8)c7nsnc67)ccc4-5)c4nsnc34)cc21. The Morgan fingerprint density at radius 2 is 0.397 bits per heavy atom. The lowest BCUT2D eigenvalue weighted by Gasteiger charge is -2.33. The highest BCUT2D eigenvalue weighted by molar-refractivity contribution is 7.00. The van der Waals surface area contributed by atoms with E-state index in [0.717, 1.165) is 72.1 Å². The normalized spacial score (nSPS) is 13.8. The van der Waals surface area contributed by atoms with Gasteiger partial charge in [0.1, 0.15) is 33.6 Å². The first-order valence-electron chi connectivity index (χ1n) is 48.3. The number of aromatic nitrogens is 4. The fourth-order valence-corrected chi connectivity index (χ4v) is 22.8. The van der Waals surface area contributed by atoms with E-state index < -0.39 is 0 Å². The van der Waals surface area contributed by atoms with Crippen LogP contribution in [-0.4, -0.2) is 29.7 Å². The number of hydrogen-bond donors (Lipinski definition) is 0. The molecule has 3 aliphatic carbocycles. The summed E-state index contributed by atoms with van der Waals surface area (Å²) in [7, 11) is 0. The van der Waals surface area contributed by atoms with E-state index in [4.69, 9.17) is 27.0 Å². The van der Waals surface area contributed by atoms with Crippen LogP contribution in [-0.2, 0) is 16.2 Å². The van der Waals surface area contributed by atoms with E-state index in [9.17, 15) is 0 Å². The van der Waals surface area contributed by atoms with E-state index >= 15 is 0 Å². The monoisotopic (exact) mass is 1650 g/mol. The van der Waals surface area contributed by atoms with Gasteiger partial charge < -0.3 is 9.47 Å². The summed E-state index contributed by atoms with van der Waals surface area (Å²) < 4.78 is 33.6. The van der Waals surface area contributed by atoms with Gasteiger partial charge in [-0.3, -0.25) is 0 Å². The molecule has 2 heterocycles. The van der Waals surface area contributed by atoms with Gasteiger partial charge in [0.25, 0.3) is 0 Å². The molecule has 6 nitrogen and oxygen atoms in total. The Morgan fingerprint density at radius 3 is 0.620 bits per heavy atom. The predicted octanol–water partition coefficient (Wildman–Crippen LogP) is 35.0. The first-order valence-corrected chi connectivity index (χ1v) is 49.8. The van der Waals surface area contributed by atoms with Gasteiger partial charge in [0.2, 0.25) is 0 Å². The molecule has 0 N–H and O–H groups in total. The van der Waals surface area contributed by atoms with Crippen LogP contribution in [0.4, 0.5) is 0 Å². The first kappa shape index (κ1) is 87.3. The Morgan fingerprint density at radius 1 is 0.215 bits per heavy atom. The van der Waals surface area contributed by atoms with Crippen LogP contribution < -0.4 is 9.47 Å². The lowest BCUT2D eigenvalue weighted by Crippen LogP contribution is -2.25. The summed E-state index contributed by atoms with van der Waals surface area (Å²) in [5.41, 5.74) is 35.7. The molecule has 3 aliphatic rings. The molecule has 0 saturated carbocycles.